The molecule has 2 aromatic carbocycles. The second-order valence-corrected chi connectivity index (χ2v) is 5.83. The van der Waals surface area contributed by atoms with Crippen molar-refractivity contribution >= 4 is 28.9 Å². The van der Waals surface area contributed by atoms with Gasteiger partial charge in [0.15, 0.2) is 0 Å². The first kappa shape index (κ1) is 18.1. The Bertz CT molecular complexity index is 923. The third-order valence-corrected chi connectivity index (χ3v) is 4.03. The van der Waals surface area contributed by atoms with Gasteiger partial charge in [0.2, 0.25) is 0 Å². The van der Waals surface area contributed by atoms with Gasteiger partial charge in [-0.2, -0.15) is 0 Å². The number of esters is 1. The summed E-state index contributed by atoms with van der Waals surface area (Å²) in [6.45, 7) is 0. The van der Waals surface area contributed by atoms with Crippen molar-refractivity contribution in [3.63, 3.8) is 0 Å². The molecule has 0 saturated heterocycles. The summed E-state index contributed by atoms with van der Waals surface area (Å²) in [6, 6.07) is 19.7. The standard InChI is InChI=1S/C21H19N3O3/c1-24(18-6-4-3-5-7-18)20(25)19-13-12-17(14-22-19)23-16-10-8-15(9-11-16)21(26)27-2/h3-14,23H,1-2H3. The van der Waals surface area contributed by atoms with Crippen molar-refractivity contribution in [1.29, 1.82) is 0 Å². The molecule has 1 aromatic heterocycles. The predicted molar refractivity (Wildman–Crippen MR) is 104 cm³/mol. The van der Waals surface area contributed by atoms with E-state index in [0.717, 1.165) is 17.1 Å². The van der Waals surface area contributed by atoms with Crippen LogP contribution < -0.4 is 10.2 Å². The van der Waals surface area contributed by atoms with Crippen molar-refractivity contribution in [3.05, 3.63) is 84.2 Å². The van der Waals surface area contributed by atoms with Crippen molar-refractivity contribution in [2.75, 3.05) is 24.4 Å². The largest absolute Gasteiger partial charge is 0.465 e. The maximum atomic E-state index is 12.5. The van der Waals surface area contributed by atoms with Crippen LogP contribution in [0.25, 0.3) is 0 Å². The Balaban J connectivity index is 1.68. The van der Waals surface area contributed by atoms with Crippen LogP contribution in [0.4, 0.5) is 17.1 Å². The molecular weight excluding hydrogens is 342 g/mol. The van der Waals surface area contributed by atoms with Crippen LogP contribution in [0.5, 0.6) is 0 Å². The number of amides is 1. The molecule has 3 aromatic rings. The number of hydrogen-bond donors (Lipinski definition) is 1. The lowest BCUT2D eigenvalue weighted by molar-refractivity contribution is 0.0600. The van der Waals surface area contributed by atoms with Crippen LogP contribution in [-0.2, 0) is 4.74 Å². The lowest BCUT2D eigenvalue weighted by Gasteiger charge is -2.16. The second-order valence-electron chi connectivity index (χ2n) is 5.83. The van der Waals surface area contributed by atoms with Crippen molar-refractivity contribution < 1.29 is 14.3 Å². The number of aromatic nitrogens is 1. The number of benzene rings is 2. The molecule has 0 aliphatic heterocycles. The van der Waals surface area contributed by atoms with E-state index in [1.807, 2.05) is 30.3 Å². The van der Waals surface area contributed by atoms with Crippen LogP contribution in [0.1, 0.15) is 20.8 Å². The molecule has 0 saturated carbocycles. The summed E-state index contributed by atoms with van der Waals surface area (Å²) in [5, 5.41) is 3.18. The summed E-state index contributed by atoms with van der Waals surface area (Å²) in [4.78, 5) is 29.8. The summed E-state index contributed by atoms with van der Waals surface area (Å²) < 4.78 is 4.68. The molecule has 0 unspecified atom stereocenters. The predicted octanol–water partition coefficient (Wildman–Crippen LogP) is 3.89. The van der Waals surface area contributed by atoms with Gasteiger partial charge in [-0.1, -0.05) is 18.2 Å². The van der Waals surface area contributed by atoms with Crippen LogP contribution in [0, 0.1) is 0 Å². The van der Waals surface area contributed by atoms with E-state index in [1.165, 1.54) is 7.11 Å². The van der Waals surface area contributed by atoms with Gasteiger partial charge in [-0.25, -0.2) is 9.78 Å². The number of carbonyl (C=O) groups is 2. The number of pyridine rings is 1. The van der Waals surface area contributed by atoms with Crippen LogP contribution in [-0.4, -0.2) is 31.0 Å². The number of methoxy groups -OCH3 is 1. The Morgan fingerprint density at radius 1 is 0.926 bits per heavy atom. The minimum atomic E-state index is -0.381. The van der Waals surface area contributed by atoms with Crippen LogP contribution in [0.3, 0.4) is 0 Å². The van der Waals surface area contributed by atoms with Crippen molar-refractivity contribution in [2.45, 2.75) is 0 Å². The summed E-state index contributed by atoms with van der Waals surface area (Å²) >= 11 is 0. The highest BCUT2D eigenvalue weighted by Crippen LogP contribution is 2.18. The third-order valence-electron chi connectivity index (χ3n) is 4.03. The first-order valence-electron chi connectivity index (χ1n) is 8.33. The number of para-hydroxylation sites is 1. The van der Waals surface area contributed by atoms with Crippen LogP contribution in [0.15, 0.2) is 72.9 Å². The molecule has 0 aliphatic rings. The van der Waals surface area contributed by atoms with E-state index in [9.17, 15) is 9.59 Å². The fraction of sp³-hybridized carbons (Fsp3) is 0.0952. The number of ether oxygens (including phenoxy) is 1. The summed E-state index contributed by atoms with van der Waals surface area (Å²) in [6.07, 6.45) is 1.60. The van der Waals surface area contributed by atoms with E-state index in [2.05, 4.69) is 15.0 Å². The van der Waals surface area contributed by atoms with Gasteiger partial charge in [0.25, 0.3) is 5.91 Å². The smallest absolute Gasteiger partial charge is 0.337 e. The first-order chi connectivity index (χ1) is 13.1. The van der Waals surface area contributed by atoms with Crippen molar-refractivity contribution in [2.24, 2.45) is 0 Å². The maximum Gasteiger partial charge on any atom is 0.337 e. The summed E-state index contributed by atoms with van der Waals surface area (Å²) in [7, 11) is 3.06. The lowest BCUT2D eigenvalue weighted by Crippen LogP contribution is -2.26. The Hall–Kier alpha value is -3.67. The first-order valence-corrected chi connectivity index (χ1v) is 8.33. The minimum Gasteiger partial charge on any atom is -0.465 e. The van der Waals surface area contributed by atoms with E-state index in [-0.39, 0.29) is 11.9 Å². The van der Waals surface area contributed by atoms with Crippen LogP contribution in [0.2, 0.25) is 0 Å². The molecule has 0 bridgehead atoms. The Kier molecular flexibility index (Phi) is 5.47. The fourth-order valence-corrected chi connectivity index (χ4v) is 2.51. The fourth-order valence-electron chi connectivity index (χ4n) is 2.51. The maximum absolute atomic E-state index is 12.5. The van der Waals surface area contributed by atoms with Gasteiger partial charge in [-0.05, 0) is 48.5 Å². The van der Waals surface area contributed by atoms with Gasteiger partial charge >= 0.3 is 5.97 Å². The van der Waals surface area contributed by atoms with Gasteiger partial charge in [-0.15, -0.1) is 0 Å². The molecule has 0 spiro atoms. The Labute approximate surface area is 157 Å². The molecule has 0 aliphatic carbocycles. The van der Waals surface area contributed by atoms with Gasteiger partial charge in [0.05, 0.1) is 24.6 Å². The molecule has 6 heteroatoms. The van der Waals surface area contributed by atoms with E-state index < -0.39 is 0 Å². The average molecular weight is 361 g/mol. The van der Waals surface area contributed by atoms with Crippen molar-refractivity contribution in [3.8, 4) is 0 Å². The summed E-state index contributed by atoms with van der Waals surface area (Å²) in [5.74, 6) is -0.566. The molecule has 27 heavy (non-hydrogen) atoms. The molecule has 0 radical (unpaired) electrons. The lowest BCUT2D eigenvalue weighted by atomic mass is 10.2. The molecule has 3 rings (SSSR count). The number of nitrogens with zero attached hydrogens (tertiary/aromatic N) is 2. The van der Waals surface area contributed by atoms with E-state index in [1.54, 1.807) is 54.5 Å². The second kappa shape index (κ2) is 8.14. The molecule has 136 valence electrons. The van der Waals surface area contributed by atoms with Gasteiger partial charge in [0.1, 0.15) is 5.69 Å². The topological polar surface area (TPSA) is 71.5 Å². The van der Waals surface area contributed by atoms with Crippen molar-refractivity contribution in [1.82, 2.24) is 4.98 Å². The summed E-state index contributed by atoms with van der Waals surface area (Å²) in [5.41, 5.74) is 3.17. The Morgan fingerprint density at radius 2 is 1.59 bits per heavy atom. The molecule has 0 fully saturated rings. The van der Waals surface area contributed by atoms with Gasteiger partial charge in [0, 0.05) is 18.4 Å². The molecule has 0 atom stereocenters. The van der Waals surface area contributed by atoms with Gasteiger partial charge < -0.3 is 15.0 Å². The highest BCUT2D eigenvalue weighted by molar-refractivity contribution is 6.04. The third kappa shape index (κ3) is 4.30. The molecule has 1 amide bonds. The van der Waals surface area contributed by atoms with Crippen LogP contribution >= 0.6 is 0 Å². The molecular formula is C21H19N3O3. The number of rotatable bonds is 5. The zero-order valence-corrected chi connectivity index (χ0v) is 15.0. The number of anilines is 3. The number of nitrogens with one attached hydrogen (secondary N) is 1. The molecule has 1 N–H and O–H groups in total. The quantitative estimate of drug-likeness (QED) is 0.698. The SMILES string of the molecule is COC(=O)c1ccc(Nc2ccc(C(=O)N(C)c3ccccc3)nc2)cc1. The zero-order chi connectivity index (χ0) is 19.2. The minimum absolute atomic E-state index is 0.185. The highest BCUT2D eigenvalue weighted by Gasteiger charge is 2.14. The highest BCUT2D eigenvalue weighted by atomic mass is 16.5. The Morgan fingerprint density at radius 3 is 2.19 bits per heavy atom. The molecule has 1 heterocycles. The average Bonchev–Trinajstić information content (AvgIpc) is 2.74. The monoisotopic (exact) mass is 361 g/mol. The van der Waals surface area contributed by atoms with Gasteiger partial charge in [-0.3, -0.25) is 4.79 Å². The van der Waals surface area contributed by atoms with E-state index in [4.69, 9.17) is 0 Å². The number of hydrogen-bond acceptors (Lipinski definition) is 5. The van der Waals surface area contributed by atoms with E-state index in [0.29, 0.717) is 11.3 Å². The number of carbonyl (C=O) groups excluding carboxylic acids is 2. The molecule has 6 nitrogen and oxygen atoms in total. The van der Waals surface area contributed by atoms with E-state index >= 15 is 0 Å². The normalized spacial score (nSPS) is 10.1. The zero-order valence-electron chi connectivity index (χ0n) is 15.0.